The van der Waals surface area contributed by atoms with Gasteiger partial charge in [0.2, 0.25) is 11.9 Å². The molecule has 0 aliphatic heterocycles. The van der Waals surface area contributed by atoms with Crippen molar-refractivity contribution in [3.05, 3.63) is 72.0 Å². The zero-order valence-corrected chi connectivity index (χ0v) is 20.5. The Balaban J connectivity index is 1.62. The van der Waals surface area contributed by atoms with Gasteiger partial charge < -0.3 is 21.7 Å². The highest BCUT2D eigenvalue weighted by Gasteiger charge is 2.27. The second kappa shape index (κ2) is 10.6. The van der Waals surface area contributed by atoms with E-state index in [2.05, 4.69) is 30.9 Å². The predicted octanol–water partition coefficient (Wildman–Crippen LogP) is 5.09. The maximum Gasteiger partial charge on any atom is 0.405 e. The lowest BCUT2D eigenvalue weighted by Gasteiger charge is -2.17. The number of rotatable bonds is 8. The first-order valence-corrected chi connectivity index (χ1v) is 11.6. The lowest BCUT2D eigenvalue weighted by atomic mass is 10.1. The Bertz CT molecular complexity index is 1430. The molecule has 0 aliphatic carbocycles. The van der Waals surface area contributed by atoms with E-state index in [0.29, 0.717) is 22.5 Å². The molecule has 4 aromatic rings. The molecule has 1 amide bonds. The summed E-state index contributed by atoms with van der Waals surface area (Å²) in [5, 5.41) is 7.98. The van der Waals surface area contributed by atoms with Crippen LogP contribution in [0, 0.1) is 5.82 Å². The van der Waals surface area contributed by atoms with Gasteiger partial charge in [-0.15, -0.1) is 0 Å². The number of carbonyl (C=O) groups is 1. The summed E-state index contributed by atoms with van der Waals surface area (Å²) < 4.78 is 52.1. The number of halogens is 4. The molecule has 0 fully saturated rings. The molecule has 2 aromatic heterocycles. The van der Waals surface area contributed by atoms with Crippen LogP contribution in [0.15, 0.2) is 60.7 Å². The van der Waals surface area contributed by atoms with Crippen molar-refractivity contribution < 1.29 is 22.4 Å². The van der Waals surface area contributed by atoms with Gasteiger partial charge in [-0.1, -0.05) is 24.3 Å². The molecule has 0 saturated heterocycles. The minimum absolute atomic E-state index is 0.0870. The Morgan fingerprint density at radius 2 is 1.58 bits per heavy atom. The van der Waals surface area contributed by atoms with Crippen molar-refractivity contribution in [2.24, 2.45) is 5.73 Å². The topological polar surface area (TPSA) is 118 Å². The number of hydrogen-bond acceptors (Lipinski definition) is 7. The molecule has 4 rings (SSSR count). The minimum Gasteiger partial charge on any atom is -0.359 e. The Hall–Kier alpha value is -4.32. The number of amides is 1. The summed E-state index contributed by atoms with van der Waals surface area (Å²) in [6.07, 6.45) is -4.48. The molecule has 12 heteroatoms. The summed E-state index contributed by atoms with van der Waals surface area (Å²) in [4.78, 5) is 25.2. The fourth-order valence-corrected chi connectivity index (χ4v) is 3.36. The van der Waals surface area contributed by atoms with Crippen LogP contribution >= 0.6 is 0 Å². The second-order valence-corrected chi connectivity index (χ2v) is 9.16. The number of carbonyl (C=O) groups excluding carboxylic acids is 1. The first-order valence-electron chi connectivity index (χ1n) is 11.6. The molecule has 198 valence electrons. The van der Waals surface area contributed by atoms with Gasteiger partial charge in [-0.25, -0.2) is 14.4 Å². The Morgan fingerprint density at radius 1 is 0.895 bits per heavy atom. The van der Waals surface area contributed by atoms with Crippen molar-refractivity contribution in [1.29, 1.82) is 0 Å². The van der Waals surface area contributed by atoms with Crippen molar-refractivity contribution in [3.8, 4) is 11.3 Å². The fraction of sp³-hybridized carbons (Fsp3) is 0.231. The minimum atomic E-state index is -4.48. The van der Waals surface area contributed by atoms with E-state index in [1.807, 2.05) is 0 Å². The van der Waals surface area contributed by atoms with Crippen LogP contribution in [0.3, 0.4) is 0 Å². The van der Waals surface area contributed by atoms with E-state index in [1.54, 1.807) is 62.4 Å². The van der Waals surface area contributed by atoms with E-state index in [1.165, 1.54) is 12.1 Å². The van der Waals surface area contributed by atoms with Gasteiger partial charge in [0.15, 0.2) is 5.82 Å². The van der Waals surface area contributed by atoms with Crippen LogP contribution < -0.4 is 21.7 Å². The van der Waals surface area contributed by atoms with Crippen LogP contribution in [0.4, 0.5) is 35.0 Å². The smallest absolute Gasteiger partial charge is 0.359 e. The van der Waals surface area contributed by atoms with E-state index >= 15 is 0 Å². The van der Waals surface area contributed by atoms with Gasteiger partial charge in [-0.2, -0.15) is 18.2 Å². The number of benzene rings is 2. The zero-order valence-electron chi connectivity index (χ0n) is 20.5. The molecule has 0 saturated carbocycles. The van der Waals surface area contributed by atoms with Gasteiger partial charge in [0.05, 0.1) is 16.7 Å². The summed E-state index contributed by atoms with van der Waals surface area (Å²) in [6.45, 7) is 2.10. The van der Waals surface area contributed by atoms with E-state index in [-0.39, 0.29) is 35.6 Å². The van der Waals surface area contributed by atoms with Crippen molar-refractivity contribution >= 4 is 34.4 Å². The molecular formula is C26H25F4N7O. The van der Waals surface area contributed by atoms with Crippen LogP contribution in [-0.2, 0) is 11.3 Å². The van der Waals surface area contributed by atoms with Crippen molar-refractivity contribution in [2.45, 2.75) is 32.1 Å². The van der Waals surface area contributed by atoms with E-state index in [4.69, 9.17) is 5.73 Å². The zero-order chi connectivity index (χ0) is 27.5. The summed E-state index contributed by atoms with van der Waals surface area (Å²) in [5.74, 6) is -0.737. The Kier molecular flexibility index (Phi) is 7.44. The Morgan fingerprint density at radius 3 is 2.21 bits per heavy atom. The van der Waals surface area contributed by atoms with E-state index in [0.717, 1.165) is 5.56 Å². The van der Waals surface area contributed by atoms with E-state index in [9.17, 15) is 22.4 Å². The van der Waals surface area contributed by atoms with Crippen molar-refractivity contribution in [1.82, 2.24) is 15.0 Å². The average molecular weight is 528 g/mol. The molecule has 2 heterocycles. The maximum absolute atomic E-state index is 13.2. The molecule has 0 bridgehead atoms. The summed E-state index contributed by atoms with van der Waals surface area (Å²) >= 11 is 0. The lowest BCUT2D eigenvalue weighted by molar-refractivity contribution is -0.120. The first kappa shape index (κ1) is 26.7. The highest BCUT2D eigenvalue weighted by molar-refractivity contribution is 5.97. The average Bonchev–Trinajstić information content (AvgIpc) is 2.86. The van der Waals surface area contributed by atoms with Crippen molar-refractivity contribution in [3.63, 3.8) is 0 Å². The molecule has 0 atom stereocenters. The van der Waals surface area contributed by atoms with Gasteiger partial charge in [0.25, 0.3) is 0 Å². The predicted molar refractivity (Wildman–Crippen MR) is 138 cm³/mol. The van der Waals surface area contributed by atoms with Crippen LogP contribution in [-0.4, -0.2) is 39.1 Å². The number of alkyl halides is 3. The van der Waals surface area contributed by atoms with Gasteiger partial charge in [0.1, 0.15) is 17.9 Å². The number of nitrogens with zero attached hydrogens (tertiary/aromatic N) is 3. The molecule has 0 spiro atoms. The number of nitrogens with one attached hydrogen (secondary N) is 3. The van der Waals surface area contributed by atoms with Gasteiger partial charge in [-0.3, -0.25) is 4.79 Å². The van der Waals surface area contributed by atoms with Crippen LogP contribution in [0.2, 0.25) is 0 Å². The molecule has 8 nitrogen and oxygen atoms in total. The summed E-state index contributed by atoms with van der Waals surface area (Å²) in [5.41, 5.74) is 7.64. The quantitative estimate of drug-likeness (QED) is 0.236. The monoisotopic (exact) mass is 527 g/mol. The van der Waals surface area contributed by atoms with Crippen LogP contribution in [0.1, 0.15) is 19.4 Å². The molecule has 0 aliphatic rings. The van der Waals surface area contributed by atoms with Gasteiger partial charge in [-0.05, 0) is 55.8 Å². The summed E-state index contributed by atoms with van der Waals surface area (Å²) in [6, 6.07) is 15.9. The molecule has 0 radical (unpaired) electrons. The number of nitrogens with two attached hydrogens (primary N) is 1. The maximum atomic E-state index is 13.2. The largest absolute Gasteiger partial charge is 0.405 e. The third kappa shape index (κ3) is 6.91. The van der Waals surface area contributed by atoms with Crippen molar-refractivity contribution in [2.75, 3.05) is 22.5 Å². The standard InChI is InChI=1S/C26H25F4N7O/c1-25(2,31)23(38)34-18-9-5-16(6-10-18)19-11-12-20-21(35-19)22(33-14-26(28,29)30)37-24(36-20)32-13-15-3-7-17(27)8-4-15/h3-12H,13-14,31H2,1-2H3,(H,34,38)(H2,32,33,36,37). The molecule has 38 heavy (non-hydrogen) atoms. The number of pyridine rings is 1. The third-order valence-electron chi connectivity index (χ3n) is 5.39. The number of aromatic nitrogens is 3. The number of anilines is 3. The normalized spacial score (nSPS) is 11.9. The highest BCUT2D eigenvalue weighted by Crippen LogP contribution is 2.27. The molecular weight excluding hydrogens is 502 g/mol. The third-order valence-corrected chi connectivity index (χ3v) is 5.39. The van der Waals surface area contributed by atoms with E-state index < -0.39 is 18.3 Å². The number of hydrogen-bond donors (Lipinski definition) is 4. The first-order chi connectivity index (χ1) is 17.9. The van der Waals surface area contributed by atoms with Gasteiger partial charge in [0, 0.05) is 17.8 Å². The van der Waals surface area contributed by atoms with Crippen LogP contribution in [0.25, 0.3) is 22.3 Å². The fourth-order valence-electron chi connectivity index (χ4n) is 3.36. The molecule has 2 aromatic carbocycles. The van der Waals surface area contributed by atoms with Crippen LogP contribution in [0.5, 0.6) is 0 Å². The number of fused-ring (bicyclic) bond motifs is 1. The summed E-state index contributed by atoms with van der Waals surface area (Å²) in [7, 11) is 0. The SMILES string of the molecule is CC(C)(N)C(=O)Nc1ccc(-c2ccc3nc(NCc4ccc(F)cc4)nc(NCC(F)(F)F)c3n2)cc1. The molecule has 5 N–H and O–H groups in total. The highest BCUT2D eigenvalue weighted by atomic mass is 19.4. The van der Waals surface area contributed by atoms with Gasteiger partial charge >= 0.3 is 6.18 Å². The lowest BCUT2D eigenvalue weighted by Crippen LogP contribution is -2.45. The second-order valence-electron chi connectivity index (χ2n) is 9.16. The molecule has 0 unspecified atom stereocenters. The Labute approximate surface area is 215 Å².